The Labute approximate surface area is 181 Å². The molecule has 0 radical (unpaired) electrons. The van der Waals surface area contributed by atoms with Gasteiger partial charge in [0.2, 0.25) is 5.91 Å². The molecule has 170 valence electrons. The summed E-state index contributed by atoms with van der Waals surface area (Å²) >= 11 is 1.12. The zero-order chi connectivity index (χ0) is 22.7. The fourth-order valence-corrected chi connectivity index (χ4v) is 3.44. The highest BCUT2D eigenvalue weighted by Gasteiger charge is 2.44. The number of aliphatic hydroxyl groups excluding tert-OH is 3. The first-order chi connectivity index (χ1) is 14.8. The van der Waals surface area contributed by atoms with Crippen LogP contribution in [0.1, 0.15) is 32.4 Å². The van der Waals surface area contributed by atoms with E-state index in [1.54, 1.807) is 6.26 Å². The maximum absolute atomic E-state index is 12.3. The first kappa shape index (κ1) is 23.3. The molecular weight excluding hydrogens is 432 g/mol. The van der Waals surface area contributed by atoms with E-state index in [9.17, 15) is 30.1 Å². The van der Waals surface area contributed by atoms with Crippen LogP contribution in [-0.4, -0.2) is 83.2 Å². The predicted molar refractivity (Wildman–Crippen MR) is 107 cm³/mol. The Balaban J connectivity index is 1.95. The number of carbonyl (C=O) groups excluding carboxylic acids is 2. The van der Waals surface area contributed by atoms with Gasteiger partial charge in [-0.3, -0.25) is 19.9 Å². The summed E-state index contributed by atoms with van der Waals surface area (Å²) in [5.41, 5.74) is 0.0996. The minimum absolute atomic E-state index is 0.00537. The Morgan fingerprint density at radius 2 is 2.06 bits per heavy atom. The van der Waals surface area contributed by atoms with Crippen molar-refractivity contribution in [2.45, 2.75) is 55.9 Å². The maximum Gasteiger partial charge on any atom is 0.354 e. The van der Waals surface area contributed by atoms with Crippen molar-refractivity contribution in [3.05, 3.63) is 6.33 Å². The molecule has 0 aromatic carbocycles. The number of amides is 3. The van der Waals surface area contributed by atoms with E-state index in [2.05, 4.69) is 20.3 Å². The van der Waals surface area contributed by atoms with E-state index in [1.807, 2.05) is 6.92 Å². The molecule has 31 heavy (non-hydrogen) atoms. The smallest absolute Gasteiger partial charge is 0.354 e. The molecule has 0 unspecified atom stereocenters. The number of imide groups is 1. The van der Waals surface area contributed by atoms with Crippen LogP contribution in [0, 0.1) is 0 Å². The van der Waals surface area contributed by atoms with Crippen molar-refractivity contribution in [3.8, 4) is 0 Å². The highest BCUT2D eigenvalue weighted by Crippen LogP contribution is 2.33. The molecule has 1 aliphatic heterocycles. The summed E-state index contributed by atoms with van der Waals surface area (Å²) in [5, 5.41) is 42.4. The molecule has 4 atom stereocenters. The molecule has 13 nitrogen and oxygen atoms in total. The lowest BCUT2D eigenvalue weighted by atomic mass is 10.1. The van der Waals surface area contributed by atoms with Gasteiger partial charge in [-0.1, -0.05) is 25.1 Å². The average Bonchev–Trinajstić information content (AvgIpc) is 3.31. The van der Waals surface area contributed by atoms with Crippen molar-refractivity contribution in [1.82, 2.24) is 24.8 Å². The number of urea groups is 1. The van der Waals surface area contributed by atoms with Crippen LogP contribution in [0.15, 0.2) is 11.5 Å². The van der Waals surface area contributed by atoms with Crippen molar-refractivity contribution in [1.29, 1.82) is 0 Å². The minimum atomic E-state index is -1.38. The summed E-state index contributed by atoms with van der Waals surface area (Å²) in [6.45, 7) is 1.40. The number of carbonyl (C=O) groups is 2. The Hall–Kier alpha value is -2.36. The molecule has 0 saturated carbocycles. The number of nitrogens with zero attached hydrogens (tertiary/aromatic N) is 5. The number of rotatable bonds is 7. The number of hydrogen-bond acceptors (Lipinski definition) is 11. The highest BCUT2D eigenvalue weighted by atomic mass is 32.2. The van der Waals surface area contributed by atoms with E-state index in [1.165, 1.54) is 10.9 Å². The molecule has 0 spiro atoms. The van der Waals surface area contributed by atoms with Crippen LogP contribution in [0.5, 0.6) is 0 Å². The molecular formula is C17H24N6O7S. The van der Waals surface area contributed by atoms with Gasteiger partial charge in [0.25, 0.3) is 0 Å². The third-order valence-electron chi connectivity index (χ3n) is 4.75. The van der Waals surface area contributed by atoms with E-state index in [4.69, 9.17) is 4.74 Å². The van der Waals surface area contributed by atoms with Gasteiger partial charge in [0.1, 0.15) is 18.3 Å². The lowest BCUT2D eigenvalue weighted by Gasteiger charge is -2.18. The number of hydroxylamine groups is 1. The van der Waals surface area contributed by atoms with Crippen LogP contribution in [0.2, 0.25) is 0 Å². The number of hydrogen-bond donors (Lipinski definition) is 5. The first-order valence-electron chi connectivity index (χ1n) is 9.56. The Bertz CT molecular complexity index is 956. The molecule has 2 aromatic rings. The molecule has 0 aliphatic carbocycles. The predicted octanol–water partition coefficient (Wildman–Crippen LogP) is -0.218. The number of anilines is 1. The third-order valence-corrected chi connectivity index (χ3v) is 5.30. The number of ether oxygens (including phenoxy) is 1. The van der Waals surface area contributed by atoms with Gasteiger partial charge in [-0.15, -0.1) is 0 Å². The second-order valence-corrected chi connectivity index (χ2v) is 7.63. The molecule has 3 heterocycles. The van der Waals surface area contributed by atoms with Gasteiger partial charge >= 0.3 is 6.03 Å². The van der Waals surface area contributed by atoms with Crippen LogP contribution >= 0.6 is 11.8 Å². The topological polar surface area (TPSA) is 183 Å². The number of thioether (sulfide) groups is 1. The normalized spacial score (nSPS) is 23.3. The van der Waals surface area contributed by atoms with Gasteiger partial charge in [-0.25, -0.2) is 14.8 Å². The standard InChI is InChI=1S/C17H24N6O7S/c1-3-4-5-9(25)19-17(28)23(29)14-10-13(20-16(21-14)31-2)22(7-18-10)15-12(27)11(26)8(6-24)30-15/h7-8,11-12,15,24,26-27,29H,3-6H2,1-2H3,(H,19,25,28)/t8-,11-,12-,15-/m1/s1. The zero-order valence-electron chi connectivity index (χ0n) is 16.9. The SMILES string of the molecule is CCCCC(=O)NC(=O)N(O)c1nc(SC)nc2c1ncn2[C@@H]1O[C@H](CO)[C@@H](O)[C@H]1O. The monoisotopic (exact) mass is 456 g/mol. The summed E-state index contributed by atoms with van der Waals surface area (Å²) in [7, 11) is 0. The van der Waals surface area contributed by atoms with Crippen molar-refractivity contribution in [3.63, 3.8) is 0 Å². The Kier molecular flexibility index (Phi) is 7.40. The number of aromatic nitrogens is 4. The van der Waals surface area contributed by atoms with E-state index >= 15 is 0 Å². The number of fused-ring (bicyclic) bond motifs is 1. The van der Waals surface area contributed by atoms with Gasteiger partial charge in [0.05, 0.1) is 12.9 Å². The summed E-state index contributed by atoms with van der Waals surface area (Å²) in [6, 6.07) is -1.10. The fourth-order valence-electron chi connectivity index (χ4n) is 3.09. The van der Waals surface area contributed by atoms with E-state index in [0.717, 1.165) is 18.2 Å². The quantitative estimate of drug-likeness (QED) is 0.161. The van der Waals surface area contributed by atoms with Crippen LogP contribution in [0.3, 0.4) is 0 Å². The first-order valence-corrected chi connectivity index (χ1v) is 10.8. The third kappa shape index (κ3) is 4.63. The minimum Gasteiger partial charge on any atom is -0.394 e. The van der Waals surface area contributed by atoms with E-state index < -0.39 is 43.1 Å². The van der Waals surface area contributed by atoms with Crippen LogP contribution < -0.4 is 10.4 Å². The summed E-state index contributed by atoms with van der Waals surface area (Å²) in [6.07, 6.45) is -0.428. The largest absolute Gasteiger partial charge is 0.394 e. The van der Waals surface area contributed by atoms with Gasteiger partial charge in [-0.2, -0.15) is 10.0 Å². The zero-order valence-corrected chi connectivity index (χ0v) is 17.7. The van der Waals surface area contributed by atoms with Crippen LogP contribution in [-0.2, 0) is 9.53 Å². The van der Waals surface area contributed by atoms with Gasteiger partial charge in [-0.05, 0) is 12.7 Å². The van der Waals surface area contributed by atoms with Crippen molar-refractivity contribution >= 4 is 40.7 Å². The summed E-state index contributed by atoms with van der Waals surface area (Å²) in [4.78, 5) is 36.6. The molecule has 0 bridgehead atoms. The second kappa shape index (κ2) is 9.84. The van der Waals surface area contributed by atoms with Crippen LogP contribution in [0.4, 0.5) is 10.6 Å². The second-order valence-electron chi connectivity index (χ2n) is 6.86. The van der Waals surface area contributed by atoms with Gasteiger partial charge in [0.15, 0.2) is 28.4 Å². The Morgan fingerprint density at radius 1 is 1.32 bits per heavy atom. The lowest BCUT2D eigenvalue weighted by Crippen LogP contribution is -2.41. The van der Waals surface area contributed by atoms with Gasteiger partial charge in [0, 0.05) is 6.42 Å². The lowest BCUT2D eigenvalue weighted by molar-refractivity contribution is -0.120. The van der Waals surface area contributed by atoms with E-state index in [-0.39, 0.29) is 33.6 Å². The summed E-state index contributed by atoms with van der Waals surface area (Å²) < 4.78 is 6.81. The molecule has 1 aliphatic rings. The molecule has 1 fully saturated rings. The van der Waals surface area contributed by atoms with Crippen molar-refractivity contribution in [2.24, 2.45) is 0 Å². The summed E-state index contributed by atoms with van der Waals surface area (Å²) in [5.74, 6) is -0.820. The van der Waals surface area contributed by atoms with E-state index in [0.29, 0.717) is 6.42 Å². The molecule has 2 aromatic heterocycles. The van der Waals surface area contributed by atoms with Crippen molar-refractivity contribution in [2.75, 3.05) is 17.9 Å². The molecule has 1 saturated heterocycles. The molecule has 5 N–H and O–H groups in total. The molecule has 14 heteroatoms. The number of unbranched alkanes of at least 4 members (excludes halogenated alkanes) is 1. The fraction of sp³-hybridized carbons (Fsp3) is 0.588. The number of nitrogens with one attached hydrogen (secondary N) is 1. The number of aliphatic hydroxyl groups is 3. The Morgan fingerprint density at radius 3 is 2.68 bits per heavy atom. The molecule has 3 amide bonds. The van der Waals surface area contributed by atoms with Crippen LogP contribution in [0.25, 0.3) is 11.2 Å². The number of imidazole rings is 1. The maximum atomic E-state index is 12.3. The van der Waals surface area contributed by atoms with Gasteiger partial charge < -0.3 is 20.1 Å². The van der Waals surface area contributed by atoms with Crippen molar-refractivity contribution < 1.29 is 34.9 Å². The average molecular weight is 456 g/mol. The molecule has 3 rings (SSSR count). The highest BCUT2D eigenvalue weighted by molar-refractivity contribution is 7.98.